The Hall–Kier alpha value is -4.72. The average Bonchev–Trinajstić information content (AvgIpc) is 3.20. The molecule has 34 heavy (non-hydrogen) atoms. The molecule has 0 saturated carbocycles. The molecular weight excluding hydrogens is 426 g/mol. The Kier molecular flexibility index (Phi) is 4.88. The van der Waals surface area contributed by atoms with Crippen LogP contribution in [0.3, 0.4) is 0 Å². The van der Waals surface area contributed by atoms with Gasteiger partial charge in [0.15, 0.2) is 23.7 Å². The summed E-state index contributed by atoms with van der Waals surface area (Å²) in [5, 5.41) is 5.04. The number of nitrogens with one attached hydrogen (secondary N) is 1. The predicted molar refractivity (Wildman–Crippen MR) is 131 cm³/mol. The molecule has 0 atom stereocenters. The monoisotopic (exact) mass is 446 g/mol. The molecule has 0 bridgehead atoms. The Morgan fingerprint density at radius 1 is 0.912 bits per heavy atom. The summed E-state index contributed by atoms with van der Waals surface area (Å²) in [5.41, 5.74) is 4.75. The normalized spacial score (nSPS) is 11.8. The van der Waals surface area contributed by atoms with Crippen molar-refractivity contribution in [1.82, 2.24) is 24.2 Å². The van der Waals surface area contributed by atoms with E-state index in [1.807, 2.05) is 67.0 Å². The van der Waals surface area contributed by atoms with Crippen molar-refractivity contribution >= 4 is 39.4 Å². The Labute approximate surface area is 193 Å². The zero-order valence-electron chi connectivity index (χ0n) is 18.2. The topological polar surface area (TPSA) is 92.1 Å². The lowest BCUT2D eigenvalue weighted by Crippen LogP contribution is -2.21. The molecule has 2 aromatic carbocycles. The molecule has 0 aliphatic rings. The van der Waals surface area contributed by atoms with Crippen LogP contribution in [0.1, 0.15) is 11.1 Å². The maximum atomic E-state index is 13.6. The molecule has 6 rings (SSSR count). The molecule has 8 nitrogen and oxygen atoms in total. The standard InChI is InChI=1S/C26H19N7O/c34-26-22-23-25(31-21-11-5-4-10-20(21)30-23)33(29-16-19-9-6-13-27-15-19)24(22)28-17-32(26)14-12-18-7-2-1-3-8-18/h1-11,13,15-17H,12,14H2/p+1/b29-16+. The van der Waals surface area contributed by atoms with E-state index in [4.69, 9.17) is 9.97 Å². The minimum atomic E-state index is -0.155. The number of para-hydroxylation sites is 2. The van der Waals surface area contributed by atoms with E-state index in [1.54, 1.807) is 21.8 Å². The lowest BCUT2D eigenvalue weighted by molar-refractivity contribution is -0.378. The molecule has 1 N–H and O–H groups in total. The van der Waals surface area contributed by atoms with E-state index < -0.39 is 0 Å². The molecular formula is C26H20N7O+. The van der Waals surface area contributed by atoms with Gasteiger partial charge in [0.05, 0.1) is 29.1 Å². The number of benzene rings is 2. The van der Waals surface area contributed by atoms with Crippen LogP contribution in [-0.2, 0) is 13.0 Å². The first-order valence-corrected chi connectivity index (χ1v) is 11.0. The van der Waals surface area contributed by atoms with Crippen LogP contribution in [0.5, 0.6) is 0 Å². The first kappa shape index (κ1) is 19.9. The van der Waals surface area contributed by atoms with E-state index in [0.717, 1.165) is 28.6 Å². The van der Waals surface area contributed by atoms with Gasteiger partial charge in [0.25, 0.3) is 5.56 Å². The lowest BCUT2D eigenvalue weighted by Gasteiger charge is -2.05. The Balaban J connectivity index is 1.55. The molecule has 0 fully saturated rings. The van der Waals surface area contributed by atoms with Crippen LogP contribution >= 0.6 is 0 Å². The highest BCUT2D eigenvalue weighted by atomic mass is 16.1. The molecule has 4 aromatic heterocycles. The number of rotatable bonds is 5. The van der Waals surface area contributed by atoms with Crippen molar-refractivity contribution in [3.8, 4) is 0 Å². The van der Waals surface area contributed by atoms with Crippen molar-refractivity contribution in [2.75, 3.05) is 0 Å². The third-order valence-electron chi connectivity index (χ3n) is 5.75. The van der Waals surface area contributed by atoms with Crippen LogP contribution in [0.4, 0.5) is 0 Å². The molecule has 0 aliphatic heterocycles. The quantitative estimate of drug-likeness (QED) is 0.380. The van der Waals surface area contributed by atoms with Gasteiger partial charge in [-0.25, -0.2) is 19.9 Å². The van der Waals surface area contributed by atoms with E-state index >= 15 is 0 Å². The van der Waals surface area contributed by atoms with Gasteiger partial charge in [0, 0.05) is 12.6 Å². The fourth-order valence-corrected chi connectivity index (χ4v) is 4.03. The largest absolute Gasteiger partial charge is 0.298 e. The van der Waals surface area contributed by atoms with Gasteiger partial charge in [0.1, 0.15) is 10.9 Å². The van der Waals surface area contributed by atoms with Crippen LogP contribution in [0.2, 0.25) is 0 Å². The maximum absolute atomic E-state index is 13.6. The van der Waals surface area contributed by atoms with Gasteiger partial charge in [-0.3, -0.25) is 9.36 Å². The summed E-state index contributed by atoms with van der Waals surface area (Å²) in [7, 11) is 0. The zero-order valence-corrected chi connectivity index (χ0v) is 18.2. The van der Waals surface area contributed by atoms with Crippen molar-refractivity contribution in [3.63, 3.8) is 0 Å². The number of pyridine rings is 1. The van der Waals surface area contributed by atoms with Gasteiger partial charge < -0.3 is 0 Å². The van der Waals surface area contributed by atoms with Gasteiger partial charge in [-0.05, 0) is 30.2 Å². The second kappa shape index (κ2) is 8.32. The Morgan fingerprint density at radius 3 is 2.50 bits per heavy atom. The molecule has 8 heteroatoms. The number of fused-ring (bicyclic) bond motifs is 4. The van der Waals surface area contributed by atoms with Gasteiger partial charge in [-0.15, -0.1) is 0 Å². The predicted octanol–water partition coefficient (Wildman–Crippen LogP) is 3.23. The van der Waals surface area contributed by atoms with Gasteiger partial charge in [-0.2, -0.15) is 9.78 Å². The zero-order chi connectivity index (χ0) is 22.9. The molecule has 6 aromatic rings. The first-order chi connectivity index (χ1) is 16.8. The number of H-pyrrole nitrogens is 1. The number of aromatic amines is 1. The van der Waals surface area contributed by atoms with E-state index in [2.05, 4.69) is 27.2 Å². The molecule has 0 radical (unpaired) electrons. The number of nitrogens with zero attached hydrogens (tertiary/aromatic N) is 6. The highest BCUT2D eigenvalue weighted by Crippen LogP contribution is 2.24. The summed E-state index contributed by atoms with van der Waals surface area (Å²) in [4.78, 5) is 30.8. The second-order valence-corrected chi connectivity index (χ2v) is 7.96. The van der Waals surface area contributed by atoms with Crippen molar-refractivity contribution in [1.29, 1.82) is 0 Å². The van der Waals surface area contributed by atoms with E-state index in [0.29, 0.717) is 28.7 Å². The van der Waals surface area contributed by atoms with Gasteiger partial charge in [-0.1, -0.05) is 42.5 Å². The van der Waals surface area contributed by atoms with Crippen LogP contribution in [0.15, 0.2) is 95.3 Å². The summed E-state index contributed by atoms with van der Waals surface area (Å²) in [6.45, 7) is 0.516. The maximum Gasteiger partial charge on any atom is 0.265 e. The molecule has 0 spiro atoms. The van der Waals surface area contributed by atoms with Crippen LogP contribution in [-0.4, -0.2) is 30.4 Å². The molecule has 4 heterocycles. The Morgan fingerprint density at radius 2 is 1.71 bits per heavy atom. The minimum absolute atomic E-state index is 0.155. The summed E-state index contributed by atoms with van der Waals surface area (Å²) in [6, 6.07) is 21.5. The van der Waals surface area contributed by atoms with Crippen molar-refractivity contribution in [2.24, 2.45) is 5.10 Å². The van der Waals surface area contributed by atoms with Crippen molar-refractivity contribution in [3.05, 3.63) is 107 Å². The summed E-state index contributed by atoms with van der Waals surface area (Å²) in [5.74, 6) is 0. The third kappa shape index (κ3) is 3.51. The summed E-state index contributed by atoms with van der Waals surface area (Å²) in [6.07, 6.45) is 7.67. The van der Waals surface area contributed by atoms with Crippen LogP contribution in [0, 0.1) is 0 Å². The third-order valence-corrected chi connectivity index (χ3v) is 5.75. The number of aryl methyl sites for hydroxylation is 2. The molecule has 164 valence electrons. The second-order valence-electron chi connectivity index (χ2n) is 7.96. The SMILES string of the molecule is O=c1c2c3nc4ccccc4nc3n(/N=C/c3ccc[nH+]c3)c2ncn1CCc1ccccc1. The smallest absolute Gasteiger partial charge is 0.265 e. The van der Waals surface area contributed by atoms with Crippen molar-refractivity contribution in [2.45, 2.75) is 13.0 Å². The van der Waals surface area contributed by atoms with Gasteiger partial charge in [0.2, 0.25) is 0 Å². The molecule has 0 aliphatic carbocycles. The first-order valence-electron chi connectivity index (χ1n) is 11.0. The minimum Gasteiger partial charge on any atom is -0.298 e. The number of hydrogen-bond donors (Lipinski definition) is 0. The highest BCUT2D eigenvalue weighted by molar-refractivity contribution is 6.04. The van der Waals surface area contributed by atoms with E-state index in [-0.39, 0.29) is 5.56 Å². The molecule has 0 saturated heterocycles. The van der Waals surface area contributed by atoms with Gasteiger partial charge >= 0.3 is 0 Å². The molecule has 0 amide bonds. The molecule has 0 unspecified atom stereocenters. The fraction of sp³-hybridized carbons (Fsp3) is 0.0769. The Bertz CT molecular complexity index is 1720. The highest BCUT2D eigenvalue weighted by Gasteiger charge is 2.19. The fourth-order valence-electron chi connectivity index (χ4n) is 4.03. The summed E-state index contributed by atoms with van der Waals surface area (Å²) >= 11 is 0. The van der Waals surface area contributed by atoms with Crippen LogP contribution < -0.4 is 10.5 Å². The lowest BCUT2D eigenvalue weighted by atomic mass is 10.1. The average molecular weight is 446 g/mol. The number of aromatic nitrogens is 6. The van der Waals surface area contributed by atoms with Crippen LogP contribution in [0.25, 0.3) is 33.2 Å². The number of hydrogen-bond acceptors (Lipinski definition) is 5. The van der Waals surface area contributed by atoms with Crippen molar-refractivity contribution < 1.29 is 4.98 Å². The van der Waals surface area contributed by atoms with E-state index in [9.17, 15) is 4.79 Å². The summed E-state index contributed by atoms with van der Waals surface area (Å²) < 4.78 is 3.23. The van der Waals surface area contributed by atoms with E-state index in [1.165, 1.54) is 0 Å².